The summed E-state index contributed by atoms with van der Waals surface area (Å²) in [4.78, 5) is 10.9. The molecule has 0 fully saturated rings. The fraction of sp³-hybridized carbons (Fsp3) is 0.364. The summed E-state index contributed by atoms with van der Waals surface area (Å²) in [7, 11) is 1.53. The van der Waals surface area contributed by atoms with Crippen molar-refractivity contribution in [3.63, 3.8) is 0 Å². The molecule has 0 spiro atoms. The zero-order valence-electron chi connectivity index (χ0n) is 9.37. The summed E-state index contributed by atoms with van der Waals surface area (Å²) < 4.78 is 28.6. The second-order valence-corrected chi connectivity index (χ2v) is 3.26. The maximum atomic E-state index is 12.1. The summed E-state index contributed by atoms with van der Waals surface area (Å²) in [5, 5.41) is 5.27. The third-order valence-electron chi connectivity index (χ3n) is 2.07. The highest BCUT2D eigenvalue weighted by atomic mass is 19.3. The molecule has 1 amide bonds. The van der Waals surface area contributed by atoms with Gasteiger partial charge in [0.2, 0.25) is 5.91 Å². The summed E-state index contributed by atoms with van der Waals surface area (Å²) in [6.45, 7) is -2.44. The van der Waals surface area contributed by atoms with Gasteiger partial charge in [-0.3, -0.25) is 4.79 Å². The van der Waals surface area contributed by atoms with Crippen molar-refractivity contribution in [1.29, 1.82) is 0 Å². The van der Waals surface area contributed by atoms with Crippen molar-refractivity contribution >= 4 is 5.91 Å². The Bertz CT molecular complexity index is 372. The zero-order chi connectivity index (χ0) is 12.7. The molecule has 1 aromatic carbocycles. The van der Waals surface area contributed by atoms with Crippen LogP contribution in [0.3, 0.4) is 0 Å². The van der Waals surface area contributed by atoms with Crippen LogP contribution in [0.4, 0.5) is 8.78 Å². The molecule has 0 aliphatic heterocycles. The first-order valence-electron chi connectivity index (χ1n) is 5.07. The number of hydrogen-bond donors (Lipinski definition) is 2. The lowest BCUT2D eigenvalue weighted by Crippen LogP contribution is -2.31. The number of para-hydroxylation sites is 1. The van der Waals surface area contributed by atoms with Crippen LogP contribution in [-0.4, -0.2) is 26.1 Å². The second kappa shape index (κ2) is 6.80. The lowest BCUT2D eigenvalue weighted by atomic mass is 10.2. The quantitative estimate of drug-likeness (QED) is 0.788. The van der Waals surface area contributed by atoms with E-state index in [0.717, 1.165) is 0 Å². The minimum absolute atomic E-state index is 0.118. The number of carbonyl (C=O) groups is 1. The van der Waals surface area contributed by atoms with Crippen LogP contribution >= 0.6 is 0 Å². The number of halogens is 2. The Morgan fingerprint density at radius 2 is 2.12 bits per heavy atom. The van der Waals surface area contributed by atoms with Crippen LogP contribution in [-0.2, 0) is 11.3 Å². The maximum absolute atomic E-state index is 12.1. The van der Waals surface area contributed by atoms with Crippen molar-refractivity contribution in [1.82, 2.24) is 10.6 Å². The Hall–Kier alpha value is -1.69. The van der Waals surface area contributed by atoms with Crippen molar-refractivity contribution in [2.75, 3.05) is 13.6 Å². The first kappa shape index (κ1) is 13.4. The molecule has 1 rings (SSSR count). The number of likely N-dealkylation sites (N-methyl/N-ethyl adjacent to an activating group) is 1. The van der Waals surface area contributed by atoms with Gasteiger partial charge in [0, 0.05) is 19.2 Å². The Morgan fingerprint density at radius 1 is 1.41 bits per heavy atom. The Morgan fingerprint density at radius 3 is 2.76 bits per heavy atom. The minimum Gasteiger partial charge on any atom is -0.434 e. The SMILES string of the molecule is CNC(=O)CNCc1ccccc1OC(F)F. The number of amides is 1. The molecule has 0 unspecified atom stereocenters. The molecule has 2 N–H and O–H groups in total. The van der Waals surface area contributed by atoms with Gasteiger partial charge in [0.25, 0.3) is 0 Å². The molecular formula is C11H14F2N2O2. The topological polar surface area (TPSA) is 50.4 Å². The maximum Gasteiger partial charge on any atom is 0.387 e. The van der Waals surface area contributed by atoms with Gasteiger partial charge < -0.3 is 15.4 Å². The van der Waals surface area contributed by atoms with Crippen molar-refractivity contribution in [2.24, 2.45) is 0 Å². The van der Waals surface area contributed by atoms with E-state index >= 15 is 0 Å². The van der Waals surface area contributed by atoms with E-state index in [-0.39, 0.29) is 24.7 Å². The lowest BCUT2D eigenvalue weighted by molar-refractivity contribution is -0.119. The first-order chi connectivity index (χ1) is 8.13. The van der Waals surface area contributed by atoms with E-state index in [4.69, 9.17) is 0 Å². The van der Waals surface area contributed by atoms with E-state index in [1.165, 1.54) is 13.1 Å². The van der Waals surface area contributed by atoms with Crippen LogP contribution in [0.2, 0.25) is 0 Å². The molecule has 94 valence electrons. The average Bonchev–Trinajstić information content (AvgIpc) is 2.30. The van der Waals surface area contributed by atoms with E-state index in [9.17, 15) is 13.6 Å². The number of benzene rings is 1. The normalized spacial score (nSPS) is 10.4. The van der Waals surface area contributed by atoms with Crippen LogP contribution in [0, 0.1) is 0 Å². The van der Waals surface area contributed by atoms with Crippen molar-refractivity contribution in [2.45, 2.75) is 13.2 Å². The highest BCUT2D eigenvalue weighted by molar-refractivity contribution is 5.77. The number of alkyl halides is 2. The highest BCUT2D eigenvalue weighted by Gasteiger charge is 2.08. The molecule has 17 heavy (non-hydrogen) atoms. The van der Waals surface area contributed by atoms with Gasteiger partial charge >= 0.3 is 6.61 Å². The summed E-state index contributed by atoms with van der Waals surface area (Å²) >= 11 is 0. The molecule has 6 heteroatoms. The third kappa shape index (κ3) is 4.78. The fourth-order valence-electron chi connectivity index (χ4n) is 1.26. The molecule has 0 atom stereocenters. The Labute approximate surface area is 98.0 Å². The Kier molecular flexibility index (Phi) is 5.35. The predicted molar refractivity (Wildman–Crippen MR) is 58.8 cm³/mol. The van der Waals surface area contributed by atoms with Gasteiger partial charge in [-0.2, -0.15) is 8.78 Å². The van der Waals surface area contributed by atoms with Gasteiger partial charge in [0.05, 0.1) is 6.54 Å². The highest BCUT2D eigenvalue weighted by Crippen LogP contribution is 2.19. The average molecular weight is 244 g/mol. The van der Waals surface area contributed by atoms with Crippen LogP contribution in [0.15, 0.2) is 24.3 Å². The van der Waals surface area contributed by atoms with Gasteiger partial charge in [-0.1, -0.05) is 18.2 Å². The van der Waals surface area contributed by atoms with Crippen molar-refractivity contribution in [3.05, 3.63) is 29.8 Å². The monoisotopic (exact) mass is 244 g/mol. The van der Waals surface area contributed by atoms with E-state index in [2.05, 4.69) is 15.4 Å². The summed E-state index contributed by atoms with van der Waals surface area (Å²) in [6, 6.07) is 6.45. The van der Waals surface area contributed by atoms with Crippen molar-refractivity contribution < 1.29 is 18.3 Å². The predicted octanol–water partition coefficient (Wildman–Crippen LogP) is 1.12. The van der Waals surface area contributed by atoms with Crippen molar-refractivity contribution in [3.8, 4) is 5.75 Å². The number of hydrogen-bond acceptors (Lipinski definition) is 3. The van der Waals surface area contributed by atoms with Crippen LogP contribution in [0.1, 0.15) is 5.56 Å². The molecule has 0 aliphatic rings. The molecule has 0 aliphatic carbocycles. The molecule has 0 heterocycles. The van der Waals surface area contributed by atoms with Gasteiger partial charge in [-0.05, 0) is 6.07 Å². The first-order valence-corrected chi connectivity index (χ1v) is 5.07. The van der Waals surface area contributed by atoms with Crippen LogP contribution in [0.5, 0.6) is 5.75 Å². The molecule has 4 nitrogen and oxygen atoms in total. The van der Waals surface area contributed by atoms with E-state index in [0.29, 0.717) is 5.56 Å². The zero-order valence-corrected chi connectivity index (χ0v) is 9.37. The summed E-state index contributed by atoms with van der Waals surface area (Å²) in [5.41, 5.74) is 0.580. The fourth-order valence-corrected chi connectivity index (χ4v) is 1.26. The van der Waals surface area contributed by atoms with E-state index in [1.54, 1.807) is 18.2 Å². The standard InChI is InChI=1S/C11H14F2N2O2/c1-14-10(16)7-15-6-8-4-2-3-5-9(8)17-11(12)13/h2-5,11,15H,6-7H2,1H3,(H,14,16). The van der Waals surface area contributed by atoms with Crippen LogP contribution < -0.4 is 15.4 Å². The van der Waals surface area contributed by atoms with Gasteiger partial charge in [0.1, 0.15) is 5.75 Å². The summed E-state index contributed by atoms with van der Waals surface area (Å²) in [5.74, 6) is -0.0517. The van der Waals surface area contributed by atoms with Crippen LogP contribution in [0.25, 0.3) is 0 Å². The largest absolute Gasteiger partial charge is 0.434 e. The van der Waals surface area contributed by atoms with Gasteiger partial charge in [-0.15, -0.1) is 0 Å². The molecular weight excluding hydrogens is 230 g/mol. The molecule has 0 aromatic heterocycles. The minimum atomic E-state index is -2.85. The Balaban J connectivity index is 2.54. The van der Waals surface area contributed by atoms with E-state index < -0.39 is 6.61 Å². The molecule has 1 aromatic rings. The van der Waals surface area contributed by atoms with E-state index in [1.807, 2.05) is 0 Å². The number of nitrogens with one attached hydrogen (secondary N) is 2. The number of ether oxygens (including phenoxy) is 1. The van der Waals surface area contributed by atoms with Gasteiger partial charge in [0.15, 0.2) is 0 Å². The van der Waals surface area contributed by atoms with Gasteiger partial charge in [-0.25, -0.2) is 0 Å². The lowest BCUT2D eigenvalue weighted by Gasteiger charge is -2.10. The molecule has 0 saturated heterocycles. The number of rotatable bonds is 6. The smallest absolute Gasteiger partial charge is 0.387 e. The molecule has 0 bridgehead atoms. The second-order valence-electron chi connectivity index (χ2n) is 3.26. The molecule has 0 saturated carbocycles. The third-order valence-corrected chi connectivity index (χ3v) is 2.07. The molecule has 0 radical (unpaired) electrons. The number of carbonyl (C=O) groups excluding carboxylic acids is 1. The summed E-state index contributed by atoms with van der Waals surface area (Å²) in [6.07, 6.45) is 0.